The molecule has 0 spiro atoms. The Morgan fingerprint density at radius 2 is 1.69 bits per heavy atom. The van der Waals surface area contributed by atoms with Gasteiger partial charge in [-0.1, -0.05) is 42.5 Å². The molecular weight excluding hydrogens is 196 g/mol. The first kappa shape index (κ1) is 9.22. The molecule has 2 aromatic carbocycles. The highest BCUT2D eigenvalue weighted by molar-refractivity contribution is 5.87. The molecule has 0 bridgehead atoms. The summed E-state index contributed by atoms with van der Waals surface area (Å²) in [5.74, 6) is 0. The second-order valence-electron chi connectivity index (χ2n) is 3.94. The molecule has 0 N–H and O–H groups in total. The number of benzene rings is 2. The van der Waals surface area contributed by atoms with Gasteiger partial charge in [-0.15, -0.1) is 0 Å². The van der Waals surface area contributed by atoms with Crippen molar-refractivity contribution in [1.82, 2.24) is 0 Å². The first-order valence-electron chi connectivity index (χ1n) is 5.38. The SMILES string of the molecule is Cc1c(-c2ccccc2)ccc2ccoc12. The van der Waals surface area contributed by atoms with Gasteiger partial charge in [0.15, 0.2) is 0 Å². The van der Waals surface area contributed by atoms with Gasteiger partial charge in [0.2, 0.25) is 0 Å². The quantitative estimate of drug-likeness (QED) is 0.577. The van der Waals surface area contributed by atoms with E-state index in [0.29, 0.717) is 0 Å². The molecule has 0 aliphatic carbocycles. The molecule has 1 aromatic heterocycles. The zero-order chi connectivity index (χ0) is 11.0. The predicted octanol–water partition coefficient (Wildman–Crippen LogP) is 4.41. The smallest absolute Gasteiger partial charge is 0.137 e. The van der Waals surface area contributed by atoms with Gasteiger partial charge in [-0.2, -0.15) is 0 Å². The second kappa shape index (κ2) is 3.53. The molecule has 0 fully saturated rings. The second-order valence-corrected chi connectivity index (χ2v) is 3.94. The molecule has 0 saturated heterocycles. The van der Waals surface area contributed by atoms with Crippen LogP contribution in [0.3, 0.4) is 0 Å². The van der Waals surface area contributed by atoms with Crippen LogP contribution < -0.4 is 0 Å². The Hall–Kier alpha value is -2.02. The van der Waals surface area contributed by atoms with Gasteiger partial charge in [0, 0.05) is 10.9 Å². The minimum absolute atomic E-state index is 0.987. The molecule has 3 aromatic rings. The first-order valence-corrected chi connectivity index (χ1v) is 5.38. The van der Waals surface area contributed by atoms with E-state index < -0.39 is 0 Å². The number of furan rings is 1. The lowest BCUT2D eigenvalue weighted by molar-refractivity contribution is 0.613. The molecule has 0 saturated carbocycles. The van der Waals surface area contributed by atoms with Crippen molar-refractivity contribution in [2.45, 2.75) is 6.92 Å². The van der Waals surface area contributed by atoms with E-state index in [-0.39, 0.29) is 0 Å². The minimum atomic E-state index is 0.987. The third-order valence-corrected chi connectivity index (χ3v) is 2.95. The van der Waals surface area contributed by atoms with E-state index in [1.54, 1.807) is 6.26 Å². The average Bonchev–Trinajstić information content (AvgIpc) is 2.80. The lowest BCUT2D eigenvalue weighted by Crippen LogP contribution is -1.83. The Labute approximate surface area is 94.3 Å². The highest BCUT2D eigenvalue weighted by atomic mass is 16.3. The van der Waals surface area contributed by atoms with E-state index in [0.717, 1.165) is 11.0 Å². The van der Waals surface area contributed by atoms with Crippen LogP contribution in [-0.4, -0.2) is 0 Å². The third-order valence-electron chi connectivity index (χ3n) is 2.95. The maximum Gasteiger partial charge on any atom is 0.137 e. The van der Waals surface area contributed by atoms with E-state index in [9.17, 15) is 0 Å². The van der Waals surface area contributed by atoms with Gasteiger partial charge in [0.1, 0.15) is 5.58 Å². The summed E-state index contributed by atoms with van der Waals surface area (Å²) in [7, 11) is 0. The predicted molar refractivity (Wildman–Crippen MR) is 66.4 cm³/mol. The lowest BCUT2D eigenvalue weighted by atomic mass is 9.99. The molecule has 3 rings (SSSR count). The van der Waals surface area contributed by atoms with Crippen LogP contribution in [0.5, 0.6) is 0 Å². The van der Waals surface area contributed by atoms with Gasteiger partial charge < -0.3 is 4.42 Å². The highest BCUT2D eigenvalue weighted by Gasteiger charge is 2.07. The van der Waals surface area contributed by atoms with Crippen molar-refractivity contribution in [1.29, 1.82) is 0 Å². The standard InChI is InChI=1S/C15H12O/c1-11-14(12-5-3-2-4-6-12)8-7-13-9-10-16-15(11)13/h2-10H,1H3. The summed E-state index contributed by atoms with van der Waals surface area (Å²) >= 11 is 0. The van der Waals surface area contributed by atoms with Gasteiger partial charge in [-0.25, -0.2) is 0 Å². The number of fused-ring (bicyclic) bond motifs is 1. The maximum atomic E-state index is 5.51. The van der Waals surface area contributed by atoms with Crippen LogP contribution in [0.4, 0.5) is 0 Å². The molecule has 0 atom stereocenters. The van der Waals surface area contributed by atoms with Gasteiger partial charge in [0.05, 0.1) is 6.26 Å². The van der Waals surface area contributed by atoms with E-state index in [1.165, 1.54) is 16.7 Å². The van der Waals surface area contributed by atoms with E-state index in [4.69, 9.17) is 4.42 Å². The van der Waals surface area contributed by atoms with Crippen molar-refractivity contribution in [3.05, 3.63) is 60.4 Å². The summed E-state index contributed by atoms with van der Waals surface area (Å²) in [6.07, 6.45) is 1.74. The maximum absolute atomic E-state index is 5.51. The molecule has 1 heterocycles. The van der Waals surface area contributed by atoms with Crippen LogP contribution in [0.15, 0.2) is 59.2 Å². The Balaban J connectivity index is 2.28. The van der Waals surface area contributed by atoms with Crippen LogP contribution in [-0.2, 0) is 0 Å². The lowest BCUT2D eigenvalue weighted by Gasteiger charge is -2.06. The van der Waals surface area contributed by atoms with Crippen molar-refractivity contribution in [3.8, 4) is 11.1 Å². The Morgan fingerprint density at radius 1 is 0.875 bits per heavy atom. The van der Waals surface area contributed by atoms with Crippen LogP contribution >= 0.6 is 0 Å². The van der Waals surface area contributed by atoms with Crippen LogP contribution in [0.1, 0.15) is 5.56 Å². The summed E-state index contributed by atoms with van der Waals surface area (Å²) in [4.78, 5) is 0. The zero-order valence-corrected chi connectivity index (χ0v) is 9.10. The monoisotopic (exact) mass is 208 g/mol. The fraction of sp³-hybridized carbons (Fsp3) is 0.0667. The van der Waals surface area contributed by atoms with Crippen molar-refractivity contribution in [3.63, 3.8) is 0 Å². The van der Waals surface area contributed by atoms with Gasteiger partial charge in [0.25, 0.3) is 0 Å². The molecule has 0 amide bonds. The molecule has 0 aliphatic rings. The average molecular weight is 208 g/mol. The summed E-state index contributed by atoms with van der Waals surface area (Å²) < 4.78 is 5.51. The molecule has 0 unspecified atom stereocenters. The Kier molecular flexibility index (Phi) is 2.03. The van der Waals surface area contributed by atoms with E-state index in [2.05, 4.69) is 43.3 Å². The topological polar surface area (TPSA) is 13.1 Å². The molecule has 0 aliphatic heterocycles. The largest absolute Gasteiger partial charge is 0.464 e. The molecule has 78 valence electrons. The van der Waals surface area contributed by atoms with Gasteiger partial charge in [-0.3, -0.25) is 0 Å². The highest BCUT2D eigenvalue weighted by Crippen LogP contribution is 2.29. The molecule has 1 nitrogen and oxygen atoms in total. The van der Waals surface area contributed by atoms with Crippen LogP contribution in [0.25, 0.3) is 22.1 Å². The van der Waals surface area contributed by atoms with E-state index >= 15 is 0 Å². The summed E-state index contributed by atoms with van der Waals surface area (Å²) in [6, 6.07) is 16.6. The van der Waals surface area contributed by atoms with Crippen LogP contribution in [0.2, 0.25) is 0 Å². The third kappa shape index (κ3) is 1.33. The summed E-state index contributed by atoms with van der Waals surface area (Å²) in [5.41, 5.74) is 4.66. The van der Waals surface area contributed by atoms with Crippen molar-refractivity contribution in [2.75, 3.05) is 0 Å². The van der Waals surface area contributed by atoms with Gasteiger partial charge >= 0.3 is 0 Å². The molecule has 1 heteroatoms. The first-order chi connectivity index (χ1) is 7.86. The summed E-state index contributed by atoms with van der Waals surface area (Å²) in [5, 5.41) is 1.16. The normalized spacial score (nSPS) is 10.8. The van der Waals surface area contributed by atoms with Crippen molar-refractivity contribution < 1.29 is 4.42 Å². The number of rotatable bonds is 1. The van der Waals surface area contributed by atoms with Gasteiger partial charge in [-0.05, 0) is 24.1 Å². The van der Waals surface area contributed by atoms with Crippen molar-refractivity contribution >= 4 is 11.0 Å². The van der Waals surface area contributed by atoms with Crippen molar-refractivity contribution in [2.24, 2.45) is 0 Å². The Bertz CT molecular complexity index is 620. The van der Waals surface area contributed by atoms with Crippen LogP contribution in [0, 0.1) is 6.92 Å². The minimum Gasteiger partial charge on any atom is -0.464 e. The number of hydrogen-bond donors (Lipinski definition) is 0. The fourth-order valence-electron chi connectivity index (χ4n) is 2.11. The molecular formula is C15H12O. The van der Waals surface area contributed by atoms with E-state index in [1.807, 2.05) is 12.1 Å². The molecule has 0 radical (unpaired) electrons. The molecule has 16 heavy (non-hydrogen) atoms. The summed E-state index contributed by atoms with van der Waals surface area (Å²) in [6.45, 7) is 2.11. The number of aryl methyl sites for hydroxylation is 1. The fourth-order valence-corrected chi connectivity index (χ4v) is 2.11. The Morgan fingerprint density at radius 3 is 2.50 bits per heavy atom. The zero-order valence-electron chi connectivity index (χ0n) is 9.10. The number of hydrogen-bond acceptors (Lipinski definition) is 1.